The molecule has 2 fully saturated rings. The summed E-state index contributed by atoms with van der Waals surface area (Å²) in [4.78, 5) is 6.53. The first-order chi connectivity index (χ1) is 7.34. The predicted molar refractivity (Wildman–Crippen MR) is 56.0 cm³/mol. The molecule has 1 aromatic rings. The number of hydrogen-bond donors (Lipinski definition) is 1. The highest BCUT2D eigenvalue weighted by Gasteiger charge is 2.30. The summed E-state index contributed by atoms with van der Waals surface area (Å²) >= 11 is 0. The number of nitrogens with one attached hydrogen (secondary N) is 1. The normalized spacial score (nSPS) is 25.8. The van der Waals surface area contributed by atoms with Gasteiger partial charge in [0.15, 0.2) is 5.82 Å². The van der Waals surface area contributed by atoms with E-state index in [2.05, 4.69) is 20.4 Å². The summed E-state index contributed by atoms with van der Waals surface area (Å²) in [5.74, 6) is 1.46. The molecule has 1 aromatic heterocycles. The van der Waals surface area contributed by atoms with Gasteiger partial charge in [-0.2, -0.15) is 4.98 Å². The van der Waals surface area contributed by atoms with Gasteiger partial charge in [0.2, 0.25) is 0 Å². The number of hydrogen-bond acceptors (Lipinski definition) is 5. The van der Waals surface area contributed by atoms with Crippen LogP contribution in [-0.4, -0.2) is 36.3 Å². The van der Waals surface area contributed by atoms with E-state index in [0.29, 0.717) is 18.0 Å². The smallest absolute Gasteiger partial charge is 0.323 e. The zero-order chi connectivity index (χ0) is 10.3. The molecule has 15 heavy (non-hydrogen) atoms. The largest absolute Gasteiger partial charge is 0.324 e. The van der Waals surface area contributed by atoms with Crippen molar-refractivity contribution >= 4 is 6.01 Å². The van der Waals surface area contributed by atoms with E-state index in [1.807, 2.05) is 7.05 Å². The van der Waals surface area contributed by atoms with E-state index in [4.69, 9.17) is 4.52 Å². The Balaban J connectivity index is 1.72. The van der Waals surface area contributed by atoms with Gasteiger partial charge in [-0.05, 0) is 25.8 Å². The molecule has 0 amide bonds. The van der Waals surface area contributed by atoms with Crippen molar-refractivity contribution in [1.82, 2.24) is 15.5 Å². The van der Waals surface area contributed by atoms with Crippen LogP contribution in [0.5, 0.6) is 0 Å². The number of aromatic nitrogens is 2. The molecule has 1 saturated heterocycles. The van der Waals surface area contributed by atoms with Gasteiger partial charge in [-0.25, -0.2) is 0 Å². The standard InChI is InChI=1S/C10H16N4O/c1-14(8-4-5-11-6-8)10-12-9(13-15-10)7-2-3-7/h7-8,11H,2-6H2,1H3. The summed E-state index contributed by atoms with van der Waals surface area (Å²) in [7, 11) is 2.03. The summed E-state index contributed by atoms with van der Waals surface area (Å²) in [6, 6.07) is 1.17. The van der Waals surface area contributed by atoms with Crippen molar-refractivity contribution in [2.75, 3.05) is 25.0 Å². The van der Waals surface area contributed by atoms with Gasteiger partial charge in [-0.3, -0.25) is 0 Å². The van der Waals surface area contributed by atoms with Gasteiger partial charge >= 0.3 is 6.01 Å². The van der Waals surface area contributed by atoms with E-state index in [9.17, 15) is 0 Å². The van der Waals surface area contributed by atoms with Crippen LogP contribution in [0, 0.1) is 0 Å². The maximum absolute atomic E-state index is 5.28. The SMILES string of the molecule is CN(c1nc(C2CC2)no1)C1CCNC1. The maximum atomic E-state index is 5.28. The van der Waals surface area contributed by atoms with Crippen LogP contribution in [0.15, 0.2) is 4.52 Å². The Hall–Kier alpha value is -1.10. The number of anilines is 1. The molecule has 0 spiro atoms. The van der Waals surface area contributed by atoms with E-state index < -0.39 is 0 Å². The zero-order valence-corrected chi connectivity index (χ0v) is 8.94. The van der Waals surface area contributed by atoms with Gasteiger partial charge in [-0.1, -0.05) is 5.16 Å². The third kappa shape index (κ3) is 1.71. The predicted octanol–water partition coefficient (Wildman–Crippen LogP) is 0.745. The first-order valence-corrected chi connectivity index (χ1v) is 5.62. The van der Waals surface area contributed by atoms with Crippen LogP contribution in [-0.2, 0) is 0 Å². The van der Waals surface area contributed by atoms with Gasteiger partial charge < -0.3 is 14.7 Å². The Morgan fingerprint density at radius 2 is 2.27 bits per heavy atom. The molecule has 1 atom stereocenters. The van der Waals surface area contributed by atoms with E-state index in [1.165, 1.54) is 12.8 Å². The Kier molecular flexibility index (Phi) is 2.12. The van der Waals surface area contributed by atoms with Crippen LogP contribution in [0.25, 0.3) is 0 Å². The highest BCUT2D eigenvalue weighted by Crippen LogP contribution is 2.38. The Morgan fingerprint density at radius 3 is 2.93 bits per heavy atom. The fraction of sp³-hybridized carbons (Fsp3) is 0.800. The lowest BCUT2D eigenvalue weighted by Gasteiger charge is -2.20. The van der Waals surface area contributed by atoms with Gasteiger partial charge in [0.25, 0.3) is 0 Å². The topological polar surface area (TPSA) is 54.2 Å². The van der Waals surface area contributed by atoms with Crippen molar-refractivity contribution < 1.29 is 4.52 Å². The minimum Gasteiger partial charge on any atom is -0.323 e. The lowest BCUT2D eigenvalue weighted by Crippen LogP contribution is -2.33. The highest BCUT2D eigenvalue weighted by molar-refractivity contribution is 5.27. The van der Waals surface area contributed by atoms with Crippen molar-refractivity contribution in [3.63, 3.8) is 0 Å². The highest BCUT2D eigenvalue weighted by atomic mass is 16.5. The average Bonchev–Trinajstić information content (AvgIpc) is 2.83. The van der Waals surface area contributed by atoms with E-state index in [0.717, 1.165) is 25.3 Å². The quantitative estimate of drug-likeness (QED) is 0.794. The Morgan fingerprint density at radius 1 is 1.40 bits per heavy atom. The summed E-state index contributed by atoms with van der Waals surface area (Å²) in [6.45, 7) is 2.09. The van der Waals surface area contributed by atoms with Crippen LogP contribution in [0.3, 0.4) is 0 Å². The molecule has 2 heterocycles. The Labute approximate surface area is 88.8 Å². The molecule has 1 saturated carbocycles. The molecule has 3 rings (SSSR count). The molecule has 2 aliphatic rings. The van der Waals surface area contributed by atoms with Crippen LogP contribution in [0.4, 0.5) is 6.01 Å². The lowest BCUT2D eigenvalue weighted by atomic mass is 10.2. The van der Waals surface area contributed by atoms with Crippen LogP contribution >= 0.6 is 0 Å². The molecule has 0 bridgehead atoms. The monoisotopic (exact) mass is 208 g/mol. The minimum absolute atomic E-state index is 0.498. The number of likely N-dealkylation sites (N-methyl/N-ethyl adjacent to an activating group) is 1. The van der Waals surface area contributed by atoms with Crippen LogP contribution in [0.2, 0.25) is 0 Å². The molecule has 1 aliphatic heterocycles. The third-order valence-corrected chi connectivity index (χ3v) is 3.26. The second-order valence-electron chi connectivity index (χ2n) is 4.47. The van der Waals surface area contributed by atoms with Gasteiger partial charge in [0.1, 0.15) is 0 Å². The second-order valence-corrected chi connectivity index (χ2v) is 4.47. The average molecular weight is 208 g/mol. The van der Waals surface area contributed by atoms with Gasteiger partial charge in [-0.15, -0.1) is 0 Å². The minimum atomic E-state index is 0.498. The fourth-order valence-electron chi connectivity index (χ4n) is 2.00. The van der Waals surface area contributed by atoms with Gasteiger partial charge in [0.05, 0.1) is 0 Å². The maximum Gasteiger partial charge on any atom is 0.324 e. The van der Waals surface area contributed by atoms with Crippen LogP contribution < -0.4 is 10.2 Å². The zero-order valence-electron chi connectivity index (χ0n) is 8.94. The molecule has 1 N–H and O–H groups in total. The summed E-state index contributed by atoms with van der Waals surface area (Å²) < 4.78 is 5.28. The van der Waals surface area contributed by atoms with Crippen molar-refractivity contribution in [1.29, 1.82) is 0 Å². The van der Waals surface area contributed by atoms with E-state index in [1.54, 1.807) is 0 Å². The summed E-state index contributed by atoms with van der Waals surface area (Å²) in [5.41, 5.74) is 0. The summed E-state index contributed by atoms with van der Waals surface area (Å²) in [5, 5.41) is 7.36. The number of nitrogens with zero attached hydrogens (tertiary/aromatic N) is 3. The van der Waals surface area contributed by atoms with Crippen molar-refractivity contribution in [3.05, 3.63) is 5.82 Å². The van der Waals surface area contributed by atoms with Gasteiger partial charge in [0, 0.05) is 25.6 Å². The molecule has 1 aliphatic carbocycles. The molecule has 82 valence electrons. The van der Waals surface area contributed by atoms with Crippen molar-refractivity contribution in [2.24, 2.45) is 0 Å². The van der Waals surface area contributed by atoms with Crippen molar-refractivity contribution in [3.8, 4) is 0 Å². The molecule has 5 heteroatoms. The summed E-state index contributed by atoms with van der Waals surface area (Å²) in [6.07, 6.45) is 3.58. The Bertz CT molecular complexity index is 341. The molecular formula is C10H16N4O. The van der Waals surface area contributed by atoms with E-state index >= 15 is 0 Å². The first kappa shape index (κ1) is 9.15. The lowest BCUT2D eigenvalue weighted by molar-refractivity contribution is 0.403. The second kappa shape index (κ2) is 3.48. The van der Waals surface area contributed by atoms with E-state index in [-0.39, 0.29) is 0 Å². The molecule has 0 aromatic carbocycles. The fourth-order valence-corrected chi connectivity index (χ4v) is 2.00. The molecule has 5 nitrogen and oxygen atoms in total. The molecule has 0 radical (unpaired) electrons. The van der Waals surface area contributed by atoms with Crippen molar-refractivity contribution in [2.45, 2.75) is 31.2 Å². The van der Waals surface area contributed by atoms with Crippen LogP contribution in [0.1, 0.15) is 31.0 Å². The number of rotatable bonds is 3. The molecule has 1 unspecified atom stereocenters. The molecular weight excluding hydrogens is 192 g/mol. The third-order valence-electron chi connectivity index (χ3n) is 3.26. The first-order valence-electron chi connectivity index (χ1n) is 5.62.